The van der Waals surface area contributed by atoms with Crippen molar-refractivity contribution in [2.45, 2.75) is 12.5 Å². The van der Waals surface area contributed by atoms with Gasteiger partial charge in [-0.2, -0.15) is 0 Å². The Labute approximate surface area is 181 Å². The zero-order valence-corrected chi connectivity index (χ0v) is 17.2. The van der Waals surface area contributed by atoms with E-state index >= 15 is 0 Å². The third kappa shape index (κ3) is 3.62. The number of benzene rings is 4. The molecule has 0 bridgehead atoms. The van der Waals surface area contributed by atoms with Gasteiger partial charge in [0.25, 0.3) is 0 Å². The second-order valence-electron chi connectivity index (χ2n) is 7.43. The molecular formula is C27H21ClN2. The highest BCUT2D eigenvalue weighted by atomic mass is 35.5. The third-order valence-corrected chi connectivity index (χ3v) is 5.71. The van der Waals surface area contributed by atoms with Crippen molar-refractivity contribution in [3.8, 4) is 0 Å². The van der Waals surface area contributed by atoms with E-state index in [0.29, 0.717) is 0 Å². The molecule has 1 aromatic heterocycles. The second-order valence-corrected chi connectivity index (χ2v) is 7.86. The molecule has 5 aromatic rings. The van der Waals surface area contributed by atoms with Gasteiger partial charge in [-0.25, -0.2) is 4.98 Å². The van der Waals surface area contributed by atoms with Gasteiger partial charge in [0.2, 0.25) is 0 Å². The molecule has 0 fully saturated rings. The Kier molecular flexibility index (Phi) is 5.08. The second kappa shape index (κ2) is 8.17. The summed E-state index contributed by atoms with van der Waals surface area (Å²) in [5.41, 5.74) is 5.81. The van der Waals surface area contributed by atoms with E-state index in [4.69, 9.17) is 16.6 Å². The Morgan fingerprint density at radius 2 is 1.23 bits per heavy atom. The van der Waals surface area contributed by atoms with Crippen LogP contribution in [0.3, 0.4) is 0 Å². The number of para-hydroxylation sites is 2. The lowest BCUT2D eigenvalue weighted by Crippen LogP contribution is -2.12. The fourth-order valence-corrected chi connectivity index (χ4v) is 4.16. The third-order valence-electron chi connectivity index (χ3n) is 5.46. The minimum Gasteiger partial charge on any atom is -0.323 e. The maximum atomic E-state index is 6.11. The molecule has 0 saturated heterocycles. The maximum absolute atomic E-state index is 6.11. The summed E-state index contributed by atoms with van der Waals surface area (Å²) in [6.07, 6.45) is 0. The van der Waals surface area contributed by atoms with Crippen LogP contribution in [0, 0.1) is 0 Å². The molecule has 4 aromatic carbocycles. The predicted molar refractivity (Wildman–Crippen MR) is 124 cm³/mol. The van der Waals surface area contributed by atoms with Gasteiger partial charge in [-0.15, -0.1) is 0 Å². The summed E-state index contributed by atoms with van der Waals surface area (Å²) >= 11 is 6.11. The number of rotatable bonds is 5. The molecule has 30 heavy (non-hydrogen) atoms. The molecule has 0 amide bonds. The number of imidazole rings is 1. The van der Waals surface area contributed by atoms with Crippen molar-refractivity contribution in [3.05, 3.63) is 137 Å². The molecular weight excluding hydrogens is 388 g/mol. The Morgan fingerprint density at radius 1 is 0.667 bits per heavy atom. The first-order valence-corrected chi connectivity index (χ1v) is 10.5. The molecule has 0 aliphatic rings. The molecule has 1 heterocycles. The monoisotopic (exact) mass is 408 g/mol. The minimum atomic E-state index is 0.0482. The maximum Gasteiger partial charge on any atom is 0.122 e. The summed E-state index contributed by atoms with van der Waals surface area (Å²) in [4.78, 5) is 5.12. The van der Waals surface area contributed by atoms with E-state index in [2.05, 4.69) is 95.6 Å². The van der Waals surface area contributed by atoms with Gasteiger partial charge in [0, 0.05) is 11.6 Å². The average molecular weight is 409 g/mol. The van der Waals surface area contributed by atoms with Crippen LogP contribution >= 0.6 is 11.6 Å². The smallest absolute Gasteiger partial charge is 0.122 e. The SMILES string of the molecule is Clc1ccc(Cn2c(C(c3ccccc3)c3ccccc3)nc3ccccc32)cc1. The lowest BCUT2D eigenvalue weighted by atomic mass is 9.90. The quantitative estimate of drug-likeness (QED) is 0.308. The summed E-state index contributed by atoms with van der Waals surface area (Å²) in [7, 11) is 0. The first kappa shape index (κ1) is 18.7. The van der Waals surface area contributed by atoms with Gasteiger partial charge < -0.3 is 4.57 Å². The van der Waals surface area contributed by atoms with E-state index in [1.807, 2.05) is 18.2 Å². The molecule has 5 rings (SSSR count). The van der Waals surface area contributed by atoms with Gasteiger partial charge in [-0.05, 0) is 41.0 Å². The Balaban J connectivity index is 1.72. The van der Waals surface area contributed by atoms with Crippen LogP contribution in [-0.4, -0.2) is 9.55 Å². The summed E-state index contributed by atoms with van der Waals surface area (Å²) in [5, 5.41) is 0.751. The van der Waals surface area contributed by atoms with Crippen LogP contribution in [0.2, 0.25) is 5.02 Å². The van der Waals surface area contributed by atoms with Crippen molar-refractivity contribution in [1.29, 1.82) is 0 Å². The van der Waals surface area contributed by atoms with Gasteiger partial charge in [-0.3, -0.25) is 0 Å². The highest BCUT2D eigenvalue weighted by molar-refractivity contribution is 6.30. The predicted octanol–water partition coefficient (Wildman–Crippen LogP) is 6.92. The van der Waals surface area contributed by atoms with Gasteiger partial charge in [0.1, 0.15) is 5.82 Å². The molecule has 0 spiro atoms. The molecule has 3 heteroatoms. The molecule has 0 N–H and O–H groups in total. The van der Waals surface area contributed by atoms with Gasteiger partial charge >= 0.3 is 0 Å². The van der Waals surface area contributed by atoms with Crippen LogP contribution in [0.5, 0.6) is 0 Å². The van der Waals surface area contributed by atoms with Gasteiger partial charge in [0.05, 0.1) is 17.0 Å². The number of halogens is 1. The normalized spacial score (nSPS) is 11.3. The van der Waals surface area contributed by atoms with Crippen molar-refractivity contribution in [1.82, 2.24) is 9.55 Å². The molecule has 0 aliphatic carbocycles. The van der Waals surface area contributed by atoms with E-state index in [0.717, 1.165) is 28.4 Å². The molecule has 0 saturated carbocycles. The van der Waals surface area contributed by atoms with Crippen LogP contribution in [0.25, 0.3) is 11.0 Å². The van der Waals surface area contributed by atoms with Crippen LogP contribution in [0.1, 0.15) is 28.4 Å². The first-order valence-electron chi connectivity index (χ1n) is 10.1. The Hall–Kier alpha value is -3.36. The minimum absolute atomic E-state index is 0.0482. The topological polar surface area (TPSA) is 17.8 Å². The summed E-state index contributed by atoms with van der Waals surface area (Å²) in [6, 6.07) is 37.6. The number of hydrogen-bond donors (Lipinski definition) is 0. The lowest BCUT2D eigenvalue weighted by molar-refractivity contribution is 0.723. The highest BCUT2D eigenvalue weighted by Gasteiger charge is 2.23. The van der Waals surface area contributed by atoms with Crippen LogP contribution in [-0.2, 0) is 6.54 Å². The number of aromatic nitrogens is 2. The number of hydrogen-bond acceptors (Lipinski definition) is 1. The average Bonchev–Trinajstić information content (AvgIpc) is 3.15. The van der Waals surface area contributed by atoms with E-state index in [1.165, 1.54) is 16.7 Å². The zero-order chi connectivity index (χ0) is 20.3. The Morgan fingerprint density at radius 3 is 1.87 bits per heavy atom. The fraction of sp³-hybridized carbons (Fsp3) is 0.0741. The van der Waals surface area contributed by atoms with E-state index < -0.39 is 0 Å². The first-order chi connectivity index (χ1) is 14.8. The van der Waals surface area contributed by atoms with Gasteiger partial charge in [-0.1, -0.05) is 96.5 Å². The van der Waals surface area contributed by atoms with Crippen molar-refractivity contribution in [2.24, 2.45) is 0 Å². The van der Waals surface area contributed by atoms with E-state index in [1.54, 1.807) is 0 Å². The molecule has 0 atom stereocenters. The molecule has 0 aliphatic heterocycles. The zero-order valence-electron chi connectivity index (χ0n) is 16.4. The number of fused-ring (bicyclic) bond motifs is 1. The fourth-order valence-electron chi connectivity index (χ4n) is 4.03. The van der Waals surface area contributed by atoms with E-state index in [9.17, 15) is 0 Å². The van der Waals surface area contributed by atoms with Crippen LogP contribution < -0.4 is 0 Å². The molecule has 146 valence electrons. The van der Waals surface area contributed by atoms with E-state index in [-0.39, 0.29) is 5.92 Å². The van der Waals surface area contributed by atoms with Crippen LogP contribution in [0.15, 0.2) is 109 Å². The largest absolute Gasteiger partial charge is 0.323 e. The van der Waals surface area contributed by atoms with Crippen molar-refractivity contribution >= 4 is 22.6 Å². The van der Waals surface area contributed by atoms with Crippen molar-refractivity contribution < 1.29 is 0 Å². The summed E-state index contributed by atoms with van der Waals surface area (Å²) in [5.74, 6) is 1.09. The van der Waals surface area contributed by atoms with Crippen molar-refractivity contribution in [2.75, 3.05) is 0 Å². The standard InChI is InChI=1S/C27H21ClN2/c28-23-17-15-20(16-18-23)19-30-25-14-8-7-13-24(25)29-27(30)26(21-9-3-1-4-10-21)22-11-5-2-6-12-22/h1-18,26H,19H2. The van der Waals surface area contributed by atoms with Gasteiger partial charge in [0.15, 0.2) is 0 Å². The molecule has 0 radical (unpaired) electrons. The lowest BCUT2D eigenvalue weighted by Gasteiger charge is -2.20. The summed E-state index contributed by atoms with van der Waals surface area (Å²) < 4.78 is 2.34. The highest BCUT2D eigenvalue weighted by Crippen LogP contribution is 2.34. The van der Waals surface area contributed by atoms with Crippen LogP contribution in [0.4, 0.5) is 0 Å². The molecule has 2 nitrogen and oxygen atoms in total. The summed E-state index contributed by atoms with van der Waals surface area (Å²) in [6.45, 7) is 0.739. The Bertz CT molecular complexity index is 1220. The molecule has 0 unspecified atom stereocenters. The number of nitrogens with zero attached hydrogens (tertiary/aromatic N) is 2. The van der Waals surface area contributed by atoms with Crippen molar-refractivity contribution in [3.63, 3.8) is 0 Å².